The molecule has 23 heavy (non-hydrogen) atoms. The Morgan fingerprint density at radius 3 is 2.48 bits per heavy atom. The third-order valence-corrected chi connectivity index (χ3v) is 4.11. The maximum atomic E-state index is 12.3. The molecule has 126 valence electrons. The molecule has 2 aliphatic heterocycles. The molecule has 0 aromatic carbocycles. The van der Waals surface area contributed by atoms with Gasteiger partial charge in [-0.1, -0.05) is 0 Å². The van der Waals surface area contributed by atoms with Crippen LogP contribution in [0.4, 0.5) is 0 Å². The second-order valence-electron chi connectivity index (χ2n) is 5.62. The fourth-order valence-electron chi connectivity index (χ4n) is 2.78. The Bertz CT molecular complexity index is 498. The summed E-state index contributed by atoms with van der Waals surface area (Å²) in [6.45, 7) is 5.53. The van der Waals surface area contributed by atoms with Crippen molar-refractivity contribution in [2.24, 2.45) is 5.92 Å². The van der Waals surface area contributed by atoms with Crippen LogP contribution in [-0.2, 0) is 19.1 Å². The Labute approximate surface area is 136 Å². The molecule has 0 saturated carbocycles. The molecule has 2 aliphatic rings. The van der Waals surface area contributed by atoms with Gasteiger partial charge in [-0.25, -0.2) is 0 Å². The summed E-state index contributed by atoms with van der Waals surface area (Å²) in [5.74, 6) is -0.482. The number of hydrogen-bond donors (Lipinski definition) is 0. The SMILES string of the molecule is CCOC(=O)C1CCN(/C=C(/C#N)C(=O)N2CCOCC2)CC1. The van der Waals surface area contributed by atoms with E-state index in [1.807, 2.05) is 11.0 Å². The van der Waals surface area contributed by atoms with Crippen LogP contribution in [0.15, 0.2) is 11.8 Å². The number of likely N-dealkylation sites (tertiary alicyclic amines) is 1. The van der Waals surface area contributed by atoms with Crippen molar-refractivity contribution in [2.75, 3.05) is 46.0 Å². The van der Waals surface area contributed by atoms with Crippen LogP contribution in [-0.4, -0.2) is 67.7 Å². The van der Waals surface area contributed by atoms with Gasteiger partial charge in [0.2, 0.25) is 0 Å². The Kier molecular flexibility index (Phi) is 6.41. The highest BCUT2D eigenvalue weighted by atomic mass is 16.5. The number of ether oxygens (including phenoxy) is 2. The van der Waals surface area contributed by atoms with E-state index in [-0.39, 0.29) is 23.4 Å². The van der Waals surface area contributed by atoms with Crippen LogP contribution in [0.2, 0.25) is 0 Å². The van der Waals surface area contributed by atoms with Gasteiger partial charge in [-0.15, -0.1) is 0 Å². The fraction of sp³-hybridized carbons (Fsp3) is 0.688. The number of morpholine rings is 1. The van der Waals surface area contributed by atoms with E-state index in [0.717, 1.165) is 0 Å². The first-order valence-electron chi connectivity index (χ1n) is 8.05. The van der Waals surface area contributed by atoms with Gasteiger partial charge in [0, 0.05) is 32.4 Å². The topological polar surface area (TPSA) is 82.9 Å². The molecule has 0 N–H and O–H groups in total. The van der Waals surface area contributed by atoms with E-state index >= 15 is 0 Å². The van der Waals surface area contributed by atoms with Gasteiger partial charge in [0.1, 0.15) is 11.6 Å². The lowest BCUT2D eigenvalue weighted by Gasteiger charge is -2.31. The molecule has 7 nitrogen and oxygen atoms in total. The zero-order valence-electron chi connectivity index (χ0n) is 13.5. The molecule has 0 aromatic rings. The van der Waals surface area contributed by atoms with Gasteiger partial charge in [0.25, 0.3) is 5.91 Å². The van der Waals surface area contributed by atoms with Gasteiger partial charge in [-0.3, -0.25) is 9.59 Å². The summed E-state index contributed by atoms with van der Waals surface area (Å²) in [5.41, 5.74) is 0.140. The van der Waals surface area contributed by atoms with Crippen LogP contribution in [0.1, 0.15) is 19.8 Å². The van der Waals surface area contributed by atoms with E-state index in [1.54, 1.807) is 18.0 Å². The molecule has 0 bridgehead atoms. The van der Waals surface area contributed by atoms with Crippen molar-refractivity contribution in [1.82, 2.24) is 9.80 Å². The highest BCUT2D eigenvalue weighted by Crippen LogP contribution is 2.19. The standard InChI is InChI=1S/C16H23N3O4/c1-2-23-16(21)13-3-5-18(6-4-13)12-14(11-17)15(20)19-7-9-22-10-8-19/h12-13H,2-10H2,1H3/b14-12-. The molecule has 1 amide bonds. The fourth-order valence-corrected chi connectivity index (χ4v) is 2.78. The van der Waals surface area contributed by atoms with Gasteiger partial charge in [-0.05, 0) is 19.8 Å². The van der Waals surface area contributed by atoms with Gasteiger partial charge in [-0.2, -0.15) is 5.26 Å². The summed E-state index contributed by atoms with van der Waals surface area (Å²) in [6, 6.07) is 2.00. The summed E-state index contributed by atoms with van der Waals surface area (Å²) >= 11 is 0. The molecule has 0 aliphatic carbocycles. The highest BCUT2D eigenvalue weighted by molar-refractivity contribution is 5.97. The van der Waals surface area contributed by atoms with Crippen molar-refractivity contribution in [3.8, 4) is 6.07 Å². The molecule has 0 aromatic heterocycles. The Morgan fingerprint density at radius 2 is 1.91 bits per heavy atom. The molecular weight excluding hydrogens is 298 g/mol. The van der Waals surface area contributed by atoms with Crippen LogP contribution in [0, 0.1) is 17.2 Å². The first kappa shape index (κ1) is 17.3. The summed E-state index contributed by atoms with van der Waals surface area (Å²) in [4.78, 5) is 27.6. The maximum Gasteiger partial charge on any atom is 0.309 e. The van der Waals surface area contributed by atoms with E-state index in [1.165, 1.54) is 0 Å². The number of carbonyl (C=O) groups is 2. The average Bonchev–Trinajstić information content (AvgIpc) is 2.60. The van der Waals surface area contributed by atoms with Gasteiger partial charge in [0.15, 0.2) is 0 Å². The molecule has 7 heteroatoms. The number of nitriles is 1. The van der Waals surface area contributed by atoms with Crippen LogP contribution in [0.3, 0.4) is 0 Å². The smallest absolute Gasteiger partial charge is 0.309 e. The summed E-state index contributed by atoms with van der Waals surface area (Å²) in [6.07, 6.45) is 2.98. The Hall–Kier alpha value is -2.07. The van der Waals surface area contributed by atoms with Crippen molar-refractivity contribution >= 4 is 11.9 Å². The van der Waals surface area contributed by atoms with Gasteiger partial charge in [0.05, 0.1) is 25.7 Å². The number of amides is 1. The molecule has 2 saturated heterocycles. The minimum absolute atomic E-state index is 0.0833. The molecule has 0 unspecified atom stereocenters. The Balaban J connectivity index is 1.91. The molecule has 2 fully saturated rings. The summed E-state index contributed by atoms with van der Waals surface area (Å²) < 4.78 is 10.3. The number of piperidine rings is 1. The molecule has 0 spiro atoms. The van der Waals surface area contributed by atoms with E-state index in [2.05, 4.69) is 0 Å². The first-order chi connectivity index (χ1) is 11.2. The minimum atomic E-state index is -0.247. The predicted molar refractivity (Wildman–Crippen MR) is 82.0 cm³/mol. The van der Waals surface area contributed by atoms with Crippen molar-refractivity contribution in [3.63, 3.8) is 0 Å². The first-order valence-corrected chi connectivity index (χ1v) is 8.05. The number of esters is 1. The highest BCUT2D eigenvalue weighted by Gasteiger charge is 2.26. The number of hydrogen-bond acceptors (Lipinski definition) is 6. The zero-order chi connectivity index (χ0) is 16.7. The second kappa shape index (κ2) is 8.53. The predicted octanol–water partition coefficient (Wildman–Crippen LogP) is 0.528. The second-order valence-corrected chi connectivity index (χ2v) is 5.62. The van der Waals surface area contributed by atoms with Crippen LogP contribution >= 0.6 is 0 Å². The van der Waals surface area contributed by atoms with Gasteiger partial charge < -0.3 is 19.3 Å². The molecule has 0 atom stereocenters. The van der Waals surface area contributed by atoms with Gasteiger partial charge >= 0.3 is 5.97 Å². The summed E-state index contributed by atoms with van der Waals surface area (Å²) in [7, 11) is 0. The lowest BCUT2D eigenvalue weighted by atomic mass is 9.97. The number of nitrogens with zero attached hydrogens (tertiary/aromatic N) is 3. The van der Waals surface area contributed by atoms with E-state index in [4.69, 9.17) is 9.47 Å². The van der Waals surface area contributed by atoms with Crippen molar-refractivity contribution in [3.05, 3.63) is 11.8 Å². The Morgan fingerprint density at radius 1 is 1.26 bits per heavy atom. The summed E-state index contributed by atoms with van der Waals surface area (Å²) in [5, 5.41) is 9.27. The van der Waals surface area contributed by atoms with E-state index < -0.39 is 0 Å². The normalized spacial score (nSPS) is 20.1. The molecule has 2 heterocycles. The molecule has 0 radical (unpaired) electrons. The lowest BCUT2D eigenvalue weighted by Crippen LogP contribution is -2.42. The molecular formula is C16H23N3O4. The van der Waals surface area contributed by atoms with Crippen LogP contribution < -0.4 is 0 Å². The largest absolute Gasteiger partial charge is 0.466 e. The minimum Gasteiger partial charge on any atom is -0.466 e. The maximum absolute atomic E-state index is 12.3. The number of rotatable bonds is 4. The van der Waals surface area contributed by atoms with Crippen LogP contribution in [0.25, 0.3) is 0 Å². The monoisotopic (exact) mass is 321 g/mol. The molecule has 2 rings (SSSR count). The third-order valence-electron chi connectivity index (χ3n) is 4.11. The number of carbonyl (C=O) groups excluding carboxylic acids is 2. The lowest BCUT2D eigenvalue weighted by molar-refractivity contribution is -0.149. The van der Waals surface area contributed by atoms with E-state index in [0.29, 0.717) is 58.8 Å². The van der Waals surface area contributed by atoms with Crippen molar-refractivity contribution < 1.29 is 19.1 Å². The van der Waals surface area contributed by atoms with Crippen molar-refractivity contribution in [1.29, 1.82) is 5.26 Å². The quantitative estimate of drug-likeness (QED) is 0.427. The zero-order valence-corrected chi connectivity index (χ0v) is 13.5. The van der Waals surface area contributed by atoms with Crippen molar-refractivity contribution in [2.45, 2.75) is 19.8 Å². The van der Waals surface area contributed by atoms with E-state index in [9.17, 15) is 14.9 Å². The van der Waals surface area contributed by atoms with Crippen LogP contribution in [0.5, 0.6) is 0 Å². The average molecular weight is 321 g/mol. The third kappa shape index (κ3) is 4.70.